The van der Waals surface area contributed by atoms with Crippen LogP contribution < -0.4 is 4.90 Å². The standard InChI is InChI=1S/C15H19N3O/c1-10(2)15(19)8-18(9-15)14-11(3)16-12-6-4-5-7-13(12)17-14/h4-7,10,19H,8-9H2,1-3H3. The van der Waals surface area contributed by atoms with Crippen LogP contribution in [0, 0.1) is 12.8 Å². The van der Waals surface area contributed by atoms with Crippen LogP contribution in [0.2, 0.25) is 0 Å². The summed E-state index contributed by atoms with van der Waals surface area (Å²) < 4.78 is 0. The molecule has 2 heterocycles. The van der Waals surface area contributed by atoms with E-state index in [9.17, 15) is 5.11 Å². The second-order valence-corrected chi connectivity index (χ2v) is 5.74. The molecular formula is C15H19N3O. The lowest BCUT2D eigenvalue weighted by Crippen LogP contribution is -2.65. The number of β-amino-alcohol motifs (C(OH)–C–C–N with tert-alkyl or cyclic N) is 1. The Kier molecular flexibility index (Phi) is 2.71. The van der Waals surface area contributed by atoms with Gasteiger partial charge in [-0.25, -0.2) is 9.97 Å². The Hall–Kier alpha value is -1.68. The van der Waals surface area contributed by atoms with Crippen molar-refractivity contribution < 1.29 is 5.11 Å². The molecule has 1 aromatic carbocycles. The summed E-state index contributed by atoms with van der Waals surface area (Å²) in [4.78, 5) is 11.4. The summed E-state index contributed by atoms with van der Waals surface area (Å²) in [6.07, 6.45) is 0. The molecule has 0 saturated carbocycles. The summed E-state index contributed by atoms with van der Waals surface area (Å²) in [6, 6.07) is 7.88. The molecule has 0 unspecified atom stereocenters. The predicted octanol–water partition coefficient (Wildman–Crippen LogP) is 2.15. The zero-order valence-corrected chi connectivity index (χ0v) is 11.6. The van der Waals surface area contributed by atoms with Crippen LogP contribution in [0.4, 0.5) is 5.82 Å². The average Bonchev–Trinajstić information content (AvgIpc) is 2.34. The molecule has 3 rings (SSSR count). The van der Waals surface area contributed by atoms with E-state index in [1.807, 2.05) is 31.2 Å². The molecule has 1 aliphatic rings. The monoisotopic (exact) mass is 257 g/mol. The van der Waals surface area contributed by atoms with Gasteiger partial charge in [-0.15, -0.1) is 0 Å². The van der Waals surface area contributed by atoms with Gasteiger partial charge in [0.25, 0.3) is 0 Å². The number of fused-ring (bicyclic) bond motifs is 1. The van der Waals surface area contributed by atoms with Gasteiger partial charge in [0.1, 0.15) is 5.60 Å². The summed E-state index contributed by atoms with van der Waals surface area (Å²) in [7, 11) is 0. The van der Waals surface area contributed by atoms with E-state index < -0.39 is 5.60 Å². The summed E-state index contributed by atoms with van der Waals surface area (Å²) in [5, 5.41) is 10.3. The Balaban J connectivity index is 1.93. The molecule has 100 valence electrons. The molecule has 2 aromatic rings. The highest BCUT2D eigenvalue weighted by atomic mass is 16.3. The number of hydrogen-bond donors (Lipinski definition) is 1. The van der Waals surface area contributed by atoms with Crippen LogP contribution in [-0.4, -0.2) is 33.8 Å². The van der Waals surface area contributed by atoms with Gasteiger partial charge in [-0.1, -0.05) is 26.0 Å². The van der Waals surface area contributed by atoms with E-state index in [0.29, 0.717) is 13.1 Å². The van der Waals surface area contributed by atoms with Crippen molar-refractivity contribution in [3.63, 3.8) is 0 Å². The van der Waals surface area contributed by atoms with E-state index in [0.717, 1.165) is 22.5 Å². The molecule has 0 atom stereocenters. The van der Waals surface area contributed by atoms with E-state index in [1.165, 1.54) is 0 Å². The van der Waals surface area contributed by atoms with E-state index >= 15 is 0 Å². The maximum Gasteiger partial charge on any atom is 0.151 e. The Morgan fingerprint density at radius 3 is 2.32 bits per heavy atom. The van der Waals surface area contributed by atoms with E-state index in [1.54, 1.807) is 0 Å². The van der Waals surface area contributed by atoms with Gasteiger partial charge in [-0.05, 0) is 25.0 Å². The normalized spacial score (nSPS) is 17.8. The van der Waals surface area contributed by atoms with Crippen LogP contribution in [0.5, 0.6) is 0 Å². The average molecular weight is 257 g/mol. The number of aromatic nitrogens is 2. The quantitative estimate of drug-likeness (QED) is 0.895. The number of rotatable bonds is 2. The van der Waals surface area contributed by atoms with Crippen molar-refractivity contribution in [2.75, 3.05) is 18.0 Å². The molecule has 0 spiro atoms. The molecule has 4 nitrogen and oxygen atoms in total. The zero-order valence-electron chi connectivity index (χ0n) is 11.6. The minimum atomic E-state index is -0.584. The highest BCUT2D eigenvalue weighted by molar-refractivity contribution is 5.76. The minimum absolute atomic E-state index is 0.262. The first-order valence-electron chi connectivity index (χ1n) is 6.70. The summed E-state index contributed by atoms with van der Waals surface area (Å²) in [6.45, 7) is 7.35. The third kappa shape index (κ3) is 1.96. The number of hydrogen-bond acceptors (Lipinski definition) is 4. The van der Waals surface area contributed by atoms with Gasteiger partial charge in [-0.3, -0.25) is 0 Å². The van der Waals surface area contributed by atoms with E-state index in [2.05, 4.69) is 28.7 Å². The van der Waals surface area contributed by atoms with Gasteiger partial charge >= 0.3 is 0 Å². The highest BCUT2D eigenvalue weighted by Crippen LogP contribution is 2.33. The number of anilines is 1. The highest BCUT2D eigenvalue weighted by Gasteiger charge is 2.44. The molecule has 1 fully saturated rings. The smallest absolute Gasteiger partial charge is 0.151 e. The molecular weight excluding hydrogens is 238 g/mol. The number of benzene rings is 1. The number of aryl methyl sites for hydroxylation is 1. The number of nitrogens with zero attached hydrogens (tertiary/aromatic N) is 3. The first-order chi connectivity index (χ1) is 8.99. The number of para-hydroxylation sites is 2. The van der Waals surface area contributed by atoms with Crippen LogP contribution in [-0.2, 0) is 0 Å². The van der Waals surface area contributed by atoms with Crippen LogP contribution in [0.1, 0.15) is 19.5 Å². The molecule has 4 heteroatoms. The van der Waals surface area contributed by atoms with Crippen molar-refractivity contribution in [3.05, 3.63) is 30.0 Å². The second kappa shape index (κ2) is 4.17. The fraction of sp³-hybridized carbons (Fsp3) is 0.467. The van der Waals surface area contributed by atoms with Gasteiger partial charge in [0, 0.05) is 0 Å². The van der Waals surface area contributed by atoms with Crippen molar-refractivity contribution in [2.24, 2.45) is 5.92 Å². The van der Waals surface area contributed by atoms with Gasteiger partial charge in [-0.2, -0.15) is 0 Å². The first kappa shape index (κ1) is 12.4. The Morgan fingerprint density at radius 1 is 1.16 bits per heavy atom. The lowest BCUT2D eigenvalue weighted by molar-refractivity contribution is -0.0305. The molecule has 0 amide bonds. The summed E-state index contributed by atoms with van der Waals surface area (Å²) >= 11 is 0. The van der Waals surface area contributed by atoms with Crippen molar-refractivity contribution in [2.45, 2.75) is 26.4 Å². The van der Waals surface area contributed by atoms with Crippen LogP contribution in [0.25, 0.3) is 11.0 Å². The van der Waals surface area contributed by atoms with Gasteiger partial charge in [0.05, 0.1) is 29.8 Å². The third-order valence-electron chi connectivity index (χ3n) is 4.02. The predicted molar refractivity (Wildman–Crippen MR) is 76.3 cm³/mol. The van der Waals surface area contributed by atoms with Crippen molar-refractivity contribution in [1.82, 2.24) is 9.97 Å². The Morgan fingerprint density at radius 2 is 1.74 bits per heavy atom. The molecule has 0 radical (unpaired) electrons. The van der Waals surface area contributed by atoms with Gasteiger partial charge in [0.15, 0.2) is 5.82 Å². The largest absolute Gasteiger partial charge is 0.386 e. The van der Waals surface area contributed by atoms with Gasteiger partial charge < -0.3 is 10.0 Å². The Bertz CT molecular complexity index is 618. The summed E-state index contributed by atoms with van der Waals surface area (Å²) in [5.41, 5.74) is 2.16. The van der Waals surface area contributed by atoms with Crippen LogP contribution in [0.3, 0.4) is 0 Å². The molecule has 0 bridgehead atoms. The van der Waals surface area contributed by atoms with Crippen LogP contribution >= 0.6 is 0 Å². The van der Waals surface area contributed by atoms with Crippen LogP contribution in [0.15, 0.2) is 24.3 Å². The molecule has 1 saturated heterocycles. The molecule has 0 aliphatic carbocycles. The van der Waals surface area contributed by atoms with Gasteiger partial charge in [0.2, 0.25) is 0 Å². The summed E-state index contributed by atoms with van der Waals surface area (Å²) in [5.74, 6) is 1.15. The lowest BCUT2D eigenvalue weighted by Gasteiger charge is -2.49. The molecule has 1 N–H and O–H groups in total. The Labute approximate surface area is 113 Å². The topological polar surface area (TPSA) is 49.2 Å². The van der Waals surface area contributed by atoms with Crippen molar-refractivity contribution in [1.29, 1.82) is 0 Å². The second-order valence-electron chi connectivity index (χ2n) is 5.74. The van der Waals surface area contributed by atoms with E-state index in [4.69, 9.17) is 0 Å². The fourth-order valence-corrected chi connectivity index (χ4v) is 2.51. The maximum atomic E-state index is 10.3. The molecule has 1 aromatic heterocycles. The van der Waals surface area contributed by atoms with Crippen molar-refractivity contribution in [3.8, 4) is 0 Å². The van der Waals surface area contributed by atoms with Crippen molar-refractivity contribution >= 4 is 16.9 Å². The third-order valence-corrected chi connectivity index (χ3v) is 4.02. The molecule has 1 aliphatic heterocycles. The van der Waals surface area contributed by atoms with E-state index in [-0.39, 0.29) is 5.92 Å². The lowest BCUT2D eigenvalue weighted by atomic mass is 9.83. The first-order valence-corrected chi connectivity index (χ1v) is 6.70. The molecule has 19 heavy (non-hydrogen) atoms. The minimum Gasteiger partial charge on any atom is -0.386 e. The number of aliphatic hydroxyl groups is 1. The zero-order chi connectivity index (χ0) is 13.6. The maximum absolute atomic E-state index is 10.3. The SMILES string of the molecule is Cc1nc2ccccc2nc1N1CC(O)(C(C)C)C1. The fourth-order valence-electron chi connectivity index (χ4n) is 2.51.